The van der Waals surface area contributed by atoms with Gasteiger partial charge in [-0.15, -0.1) is 0 Å². The maximum atomic E-state index is 12.8. The second-order valence-corrected chi connectivity index (χ2v) is 8.21. The zero-order chi connectivity index (χ0) is 18.3. The first kappa shape index (κ1) is 16.3. The molecular formula is C20H24N2O4. The minimum atomic E-state index is -1.01. The third kappa shape index (κ3) is 1.65. The maximum Gasteiger partial charge on any atom is 0.252 e. The summed E-state index contributed by atoms with van der Waals surface area (Å²) in [6.45, 7) is 3.91. The largest absolute Gasteiger partial charge is 0.480 e. The summed E-state index contributed by atoms with van der Waals surface area (Å²) in [6.07, 6.45) is 2.46. The molecule has 1 saturated heterocycles. The molecule has 4 unspecified atom stereocenters. The average Bonchev–Trinajstić information content (AvgIpc) is 2.95. The molecule has 2 heterocycles. The van der Waals surface area contributed by atoms with E-state index in [1.165, 1.54) is 0 Å². The molecule has 2 fully saturated rings. The second-order valence-electron chi connectivity index (χ2n) is 8.21. The highest BCUT2D eigenvalue weighted by molar-refractivity contribution is 5.98. The molecule has 2 aliphatic heterocycles. The molecule has 2 aliphatic carbocycles. The predicted octanol–water partition coefficient (Wildman–Crippen LogP) is 0.919. The highest BCUT2D eigenvalue weighted by Crippen LogP contribution is 2.63. The molecule has 3 N–H and O–H groups in total. The molecule has 1 amide bonds. The minimum absolute atomic E-state index is 0.0201. The fraction of sp³-hybridized carbons (Fsp3) is 0.600. The van der Waals surface area contributed by atoms with Crippen LogP contribution in [-0.4, -0.2) is 52.5 Å². The number of Topliss-reactive ketones (excluding diaryl/α,β-unsaturated/α-hetero) is 1. The van der Waals surface area contributed by atoms with E-state index in [0.717, 1.165) is 30.6 Å². The Morgan fingerprint density at radius 3 is 2.96 bits per heavy atom. The van der Waals surface area contributed by atoms with Crippen LogP contribution in [0.4, 0.5) is 0 Å². The molecule has 6 nitrogen and oxygen atoms in total. The molecule has 4 atom stereocenters. The summed E-state index contributed by atoms with van der Waals surface area (Å²) in [6, 6.07) is 3.63. The third-order valence-electron chi connectivity index (χ3n) is 7.17. The number of primary amides is 1. The van der Waals surface area contributed by atoms with Crippen LogP contribution in [0.25, 0.3) is 0 Å². The van der Waals surface area contributed by atoms with E-state index >= 15 is 0 Å². The topological polar surface area (TPSA) is 92.9 Å². The number of nitrogens with two attached hydrogens (primary N) is 1. The third-order valence-corrected chi connectivity index (χ3v) is 7.17. The van der Waals surface area contributed by atoms with Gasteiger partial charge in [-0.25, -0.2) is 0 Å². The number of hydrogen-bond donors (Lipinski definition) is 2. The van der Waals surface area contributed by atoms with Crippen molar-refractivity contribution in [3.05, 3.63) is 28.8 Å². The molecule has 0 aromatic heterocycles. The number of rotatable bonds is 3. The lowest BCUT2D eigenvalue weighted by molar-refractivity contribution is -0.188. The summed E-state index contributed by atoms with van der Waals surface area (Å²) in [7, 11) is 0. The van der Waals surface area contributed by atoms with Crippen LogP contribution in [0, 0.1) is 0 Å². The summed E-state index contributed by atoms with van der Waals surface area (Å²) in [4.78, 5) is 27.1. The Morgan fingerprint density at radius 2 is 2.23 bits per heavy atom. The smallest absolute Gasteiger partial charge is 0.252 e. The SMILES string of the molecule is CCCN1CCC23c4c5ccc(C(N)=O)c4OC2C(=O)CCC3(O)C1C5. The minimum Gasteiger partial charge on any atom is -0.480 e. The number of amides is 1. The summed E-state index contributed by atoms with van der Waals surface area (Å²) >= 11 is 0. The van der Waals surface area contributed by atoms with Crippen molar-refractivity contribution in [1.82, 2.24) is 4.90 Å². The van der Waals surface area contributed by atoms with Crippen LogP contribution in [-0.2, 0) is 16.6 Å². The van der Waals surface area contributed by atoms with Gasteiger partial charge in [0.05, 0.1) is 16.6 Å². The molecule has 1 aromatic carbocycles. The van der Waals surface area contributed by atoms with E-state index in [4.69, 9.17) is 10.5 Å². The average molecular weight is 356 g/mol. The van der Waals surface area contributed by atoms with Gasteiger partial charge in [0.2, 0.25) is 0 Å². The maximum absolute atomic E-state index is 12.8. The number of aliphatic hydroxyl groups is 1. The first-order chi connectivity index (χ1) is 12.4. The number of ketones is 1. The van der Waals surface area contributed by atoms with Crippen LogP contribution in [0.5, 0.6) is 5.75 Å². The van der Waals surface area contributed by atoms with E-state index in [0.29, 0.717) is 37.0 Å². The van der Waals surface area contributed by atoms with E-state index in [1.54, 1.807) is 6.07 Å². The number of nitrogens with zero attached hydrogens (tertiary/aromatic N) is 1. The van der Waals surface area contributed by atoms with Crippen LogP contribution < -0.4 is 10.5 Å². The van der Waals surface area contributed by atoms with Gasteiger partial charge in [-0.05, 0) is 50.4 Å². The summed E-state index contributed by atoms with van der Waals surface area (Å²) < 4.78 is 6.11. The lowest BCUT2D eigenvalue weighted by atomic mass is 9.49. The predicted molar refractivity (Wildman–Crippen MR) is 94.2 cm³/mol. The number of carbonyl (C=O) groups excluding carboxylic acids is 2. The summed E-state index contributed by atoms with van der Waals surface area (Å²) in [5.41, 5.74) is 6.08. The van der Waals surface area contributed by atoms with Gasteiger partial charge in [0.15, 0.2) is 11.9 Å². The number of ether oxygens (including phenoxy) is 1. The highest BCUT2D eigenvalue weighted by atomic mass is 16.5. The van der Waals surface area contributed by atoms with Crippen molar-refractivity contribution < 1.29 is 19.4 Å². The van der Waals surface area contributed by atoms with Crippen molar-refractivity contribution in [3.8, 4) is 5.75 Å². The molecule has 2 bridgehead atoms. The van der Waals surface area contributed by atoms with Gasteiger partial charge in [-0.1, -0.05) is 13.0 Å². The lowest BCUT2D eigenvalue weighted by Gasteiger charge is -2.62. The number of benzene rings is 1. The Kier molecular flexibility index (Phi) is 3.18. The highest BCUT2D eigenvalue weighted by Gasteiger charge is 2.72. The van der Waals surface area contributed by atoms with Gasteiger partial charge in [0, 0.05) is 18.0 Å². The van der Waals surface area contributed by atoms with Crippen molar-refractivity contribution >= 4 is 11.7 Å². The first-order valence-corrected chi connectivity index (χ1v) is 9.56. The van der Waals surface area contributed by atoms with Crippen molar-refractivity contribution in [3.63, 3.8) is 0 Å². The zero-order valence-electron chi connectivity index (χ0n) is 15.0. The Bertz CT molecular complexity index is 837. The van der Waals surface area contributed by atoms with Crippen LogP contribution in [0.15, 0.2) is 12.1 Å². The molecule has 1 saturated carbocycles. The molecule has 26 heavy (non-hydrogen) atoms. The van der Waals surface area contributed by atoms with E-state index in [2.05, 4.69) is 11.8 Å². The Labute approximate surface area is 152 Å². The van der Waals surface area contributed by atoms with E-state index < -0.39 is 23.0 Å². The standard InChI is InChI=1S/C20H24N2O4/c1-2-8-22-9-7-19-15-11-3-4-12(18(21)24)16(15)26-17(19)13(23)5-6-20(19,25)14(22)10-11/h3-4,14,17,25H,2,5-10H2,1H3,(H2,21,24). The van der Waals surface area contributed by atoms with Crippen molar-refractivity contribution in [2.75, 3.05) is 13.1 Å². The molecule has 5 rings (SSSR count). The molecule has 4 aliphatic rings. The van der Waals surface area contributed by atoms with E-state index in [-0.39, 0.29) is 11.8 Å². The normalized spacial score (nSPS) is 37.2. The van der Waals surface area contributed by atoms with Gasteiger partial charge in [-0.2, -0.15) is 0 Å². The van der Waals surface area contributed by atoms with Crippen LogP contribution >= 0.6 is 0 Å². The number of carbonyl (C=O) groups is 2. The van der Waals surface area contributed by atoms with E-state index in [9.17, 15) is 14.7 Å². The molecule has 1 aromatic rings. The van der Waals surface area contributed by atoms with Gasteiger partial charge < -0.3 is 15.6 Å². The Balaban J connectivity index is 1.79. The molecule has 1 spiro atoms. The fourth-order valence-corrected chi connectivity index (χ4v) is 6.18. The van der Waals surface area contributed by atoms with Crippen LogP contribution in [0.1, 0.15) is 54.1 Å². The van der Waals surface area contributed by atoms with Crippen LogP contribution in [0.3, 0.4) is 0 Å². The van der Waals surface area contributed by atoms with Gasteiger partial charge >= 0.3 is 0 Å². The Hall–Kier alpha value is -1.92. The number of likely N-dealkylation sites (tertiary alicyclic amines) is 1. The van der Waals surface area contributed by atoms with Crippen molar-refractivity contribution in [2.45, 2.75) is 62.2 Å². The number of piperidine rings is 1. The second kappa shape index (κ2) is 5.08. The monoisotopic (exact) mass is 356 g/mol. The van der Waals surface area contributed by atoms with Gasteiger partial charge in [0.25, 0.3) is 5.91 Å². The Morgan fingerprint density at radius 1 is 1.42 bits per heavy atom. The molecular weight excluding hydrogens is 332 g/mol. The van der Waals surface area contributed by atoms with Gasteiger partial charge in [-0.3, -0.25) is 14.5 Å². The van der Waals surface area contributed by atoms with Crippen LogP contribution in [0.2, 0.25) is 0 Å². The lowest BCUT2D eigenvalue weighted by Crippen LogP contribution is -2.76. The van der Waals surface area contributed by atoms with Crippen molar-refractivity contribution in [1.29, 1.82) is 0 Å². The first-order valence-electron chi connectivity index (χ1n) is 9.56. The number of hydrogen-bond acceptors (Lipinski definition) is 5. The molecule has 0 radical (unpaired) electrons. The molecule has 138 valence electrons. The van der Waals surface area contributed by atoms with Gasteiger partial charge in [0.1, 0.15) is 5.75 Å². The quantitative estimate of drug-likeness (QED) is 0.840. The van der Waals surface area contributed by atoms with E-state index in [1.807, 2.05) is 6.07 Å². The summed E-state index contributed by atoms with van der Waals surface area (Å²) in [5.74, 6) is -0.0905. The zero-order valence-corrected chi connectivity index (χ0v) is 15.0. The summed E-state index contributed by atoms with van der Waals surface area (Å²) in [5, 5.41) is 12.0. The fourth-order valence-electron chi connectivity index (χ4n) is 6.18. The van der Waals surface area contributed by atoms with Crippen molar-refractivity contribution in [2.24, 2.45) is 5.73 Å². The molecule has 6 heteroatoms.